The number of hydrogen-bond donors (Lipinski definition) is 1. The zero-order valence-electron chi connectivity index (χ0n) is 6.49. The van der Waals surface area contributed by atoms with Crippen LogP contribution >= 0.6 is 0 Å². The summed E-state index contributed by atoms with van der Waals surface area (Å²) in [6.45, 7) is 0.0630. The average Bonchev–Trinajstić information content (AvgIpc) is 2.15. The van der Waals surface area contributed by atoms with E-state index in [0.717, 1.165) is 0 Å². The number of benzene rings is 1. The maximum atomic E-state index is 11.2. The minimum Gasteiger partial charge on any atom is -0.351 e. The predicted molar refractivity (Wildman–Crippen MR) is 44.8 cm³/mol. The van der Waals surface area contributed by atoms with Gasteiger partial charge in [-0.15, -0.1) is 0 Å². The molecule has 1 rings (SSSR count). The van der Waals surface area contributed by atoms with Gasteiger partial charge in [0.25, 0.3) is 0 Å². The Labute approximate surface area is 70.4 Å². The molecule has 0 radical (unpaired) electrons. The van der Waals surface area contributed by atoms with Crippen LogP contribution in [-0.4, -0.2) is 18.7 Å². The van der Waals surface area contributed by atoms with Crippen LogP contribution in [0.15, 0.2) is 30.3 Å². The van der Waals surface area contributed by atoms with E-state index in [1.54, 1.807) is 24.3 Å². The van der Waals surface area contributed by atoms with E-state index in [1.807, 2.05) is 6.07 Å². The second-order valence-electron chi connectivity index (χ2n) is 2.29. The Morgan fingerprint density at radius 2 is 2.00 bits per heavy atom. The van der Waals surface area contributed by atoms with Crippen LogP contribution in [0.5, 0.6) is 0 Å². The van der Waals surface area contributed by atoms with Crippen LogP contribution < -0.4 is 5.32 Å². The largest absolute Gasteiger partial charge is 0.351 e. The Kier molecular flexibility index (Phi) is 3.02. The first-order valence-corrected chi connectivity index (χ1v) is 3.60. The van der Waals surface area contributed by atoms with Gasteiger partial charge in [-0.05, 0) is 0 Å². The fourth-order valence-corrected chi connectivity index (χ4v) is 0.860. The quantitative estimate of drug-likeness (QED) is 0.522. The normalized spacial score (nSPS) is 9.00. The molecule has 62 valence electrons. The van der Waals surface area contributed by atoms with Crippen LogP contribution in [-0.2, 0) is 4.79 Å². The Balaban J connectivity index is 2.59. The number of hydrogen-bond acceptors (Lipinski definition) is 2. The van der Waals surface area contributed by atoms with Gasteiger partial charge in [0, 0.05) is 5.56 Å². The number of rotatable bonds is 4. The molecule has 0 aromatic heterocycles. The van der Waals surface area contributed by atoms with Crippen LogP contribution in [0.25, 0.3) is 0 Å². The summed E-state index contributed by atoms with van der Waals surface area (Å²) >= 11 is 0. The van der Waals surface area contributed by atoms with E-state index in [4.69, 9.17) is 0 Å². The molecule has 1 amide bonds. The fourth-order valence-electron chi connectivity index (χ4n) is 0.860. The van der Waals surface area contributed by atoms with Crippen molar-refractivity contribution in [2.75, 3.05) is 6.54 Å². The monoisotopic (exact) mass is 163 g/mol. The Bertz CT molecular complexity index is 269. The fraction of sp³-hybridized carbons (Fsp3) is 0.111. The number of Topliss-reactive ketones (excluding diaryl/α,β-unsaturated/α-hetero) is 1. The summed E-state index contributed by atoms with van der Waals surface area (Å²) in [5.41, 5.74) is 0.617. The van der Waals surface area contributed by atoms with Crippen molar-refractivity contribution in [1.29, 1.82) is 0 Å². The van der Waals surface area contributed by atoms with Gasteiger partial charge in [0.05, 0.1) is 6.54 Å². The lowest BCUT2D eigenvalue weighted by Gasteiger charge is -1.97. The van der Waals surface area contributed by atoms with Gasteiger partial charge in [-0.25, -0.2) is 0 Å². The van der Waals surface area contributed by atoms with Crippen molar-refractivity contribution in [1.82, 2.24) is 5.32 Å². The standard InChI is InChI=1S/C9H9NO2/c11-7-10-6-9(12)8-4-2-1-3-5-8/h1-5,7H,6H2,(H,10,11). The molecule has 3 heteroatoms. The molecule has 12 heavy (non-hydrogen) atoms. The molecule has 0 saturated carbocycles. The molecular formula is C9H9NO2. The van der Waals surface area contributed by atoms with Gasteiger partial charge in [0.15, 0.2) is 5.78 Å². The lowest BCUT2D eigenvalue weighted by molar-refractivity contribution is -0.109. The maximum Gasteiger partial charge on any atom is 0.207 e. The summed E-state index contributed by atoms with van der Waals surface area (Å²) in [7, 11) is 0. The Morgan fingerprint density at radius 3 is 2.58 bits per heavy atom. The van der Waals surface area contributed by atoms with Gasteiger partial charge >= 0.3 is 0 Å². The number of carbonyl (C=O) groups excluding carboxylic acids is 2. The molecule has 0 aliphatic heterocycles. The molecule has 1 aromatic rings. The lowest BCUT2D eigenvalue weighted by atomic mass is 10.1. The van der Waals surface area contributed by atoms with Crippen molar-refractivity contribution in [2.24, 2.45) is 0 Å². The summed E-state index contributed by atoms with van der Waals surface area (Å²) < 4.78 is 0. The van der Waals surface area contributed by atoms with E-state index in [9.17, 15) is 9.59 Å². The molecule has 0 atom stereocenters. The molecule has 0 spiro atoms. The van der Waals surface area contributed by atoms with Gasteiger partial charge in [0.1, 0.15) is 0 Å². The first-order valence-electron chi connectivity index (χ1n) is 3.60. The smallest absolute Gasteiger partial charge is 0.207 e. The zero-order chi connectivity index (χ0) is 8.81. The third kappa shape index (κ3) is 2.20. The van der Waals surface area contributed by atoms with Crippen molar-refractivity contribution < 1.29 is 9.59 Å². The summed E-state index contributed by atoms with van der Waals surface area (Å²) in [5.74, 6) is -0.0808. The maximum absolute atomic E-state index is 11.2. The topological polar surface area (TPSA) is 46.2 Å². The highest BCUT2D eigenvalue weighted by molar-refractivity contribution is 5.98. The Morgan fingerprint density at radius 1 is 1.33 bits per heavy atom. The van der Waals surface area contributed by atoms with Crippen molar-refractivity contribution in [3.63, 3.8) is 0 Å². The first kappa shape index (κ1) is 8.46. The van der Waals surface area contributed by atoms with Crippen LogP contribution in [0.3, 0.4) is 0 Å². The molecule has 0 unspecified atom stereocenters. The molecule has 0 fully saturated rings. The van der Waals surface area contributed by atoms with Gasteiger partial charge in [-0.1, -0.05) is 30.3 Å². The highest BCUT2D eigenvalue weighted by Crippen LogP contribution is 1.98. The van der Waals surface area contributed by atoms with E-state index in [2.05, 4.69) is 5.32 Å². The predicted octanol–water partition coefficient (Wildman–Crippen LogP) is 0.615. The molecule has 1 N–H and O–H groups in total. The highest BCUT2D eigenvalue weighted by Gasteiger charge is 2.01. The van der Waals surface area contributed by atoms with Crippen molar-refractivity contribution >= 4 is 12.2 Å². The molecule has 1 aromatic carbocycles. The summed E-state index contributed by atoms with van der Waals surface area (Å²) in [5, 5.41) is 2.32. The van der Waals surface area contributed by atoms with Crippen LogP contribution in [0.4, 0.5) is 0 Å². The average molecular weight is 163 g/mol. The van der Waals surface area contributed by atoms with E-state index in [1.165, 1.54) is 0 Å². The third-order valence-corrected chi connectivity index (χ3v) is 1.44. The number of ketones is 1. The Hall–Kier alpha value is -1.64. The van der Waals surface area contributed by atoms with E-state index < -0.39 is 0 Å². The second kappa shape index (κ2) is 4.28. The summed E-state index contributed by atoms with van der Waals surface area (Å²) in [4.78, 5) is 21.1. The minimum atomic E-state index is -0.0808. The van der Waals surface area contributed by atoms with Crippen LogP contribution in [0, 0.1) is 0 Å². The van der Waals surface area contributed by atoms with Crippen LogP contribution in [0.1, 0.15) is 10.4 Å². The number of carbonyl (C=O) groups is 2. The zero-order valence-corrected chi connectivity index (χ0v) is 6.49. The summed E-state index contributed by atoms with van der Waals surface area (Å²) in [6, 6.07) is 8.84. The van der Waals surface area contributed by atoms with Crippen molar-refractivity contribution in [2.45, 2.75) is 0 Å². The highest BCUT2D eigenvalue weighted by atomic mass is 16.1. The summed E-state index contributed by atoms with van der Waals surface area (Å²) in [6.07, 6.45) is 0.515. The van der Waals surface area contributed by atoms with Gasteiger partial charge in [-0.3, -0.25) is 9.59 Å². The molecule has 0 bridgehead atoms. The molecule has 0 aliphatic rings. The molecule has 0 saturated heterocycles. The first-order chi connectivity index (χ1) is 5.84. The third-order valence-electron chi connectivity index (χ3n) is 1.44. The number of nitrogens with one attached hydrogen (secondary N) is 1. The van der Waals surface area contributed by atoms with Gasteiger partial charge in [0.2, 0.25) is 6.41 Å². The second-order valence-corrected chi connectivity index (χ2v) is 2.29. The van der Waals surface area contributed by atoms with Gasteiger partial charge in [-0.2, -0.15) is 0 Å². The van der Waals surface area contributed by atoms with Crippen molar-refractivity contribution in [3.05, 3.63) is 35.9 Å². The number of amides is 1. The van der Waals surface area contributed by atoms with E-state index >= 15 is 0 Å². The molecule has 0 heterocycles. The SMILES string of the molecule is O=CNCC(=O)c1ccccc1. The lowest BCUT2D eigenvalue weighted by Crippen LogP contribution is -2.21. The van der Waals surface area contributed by atoms with Gasteiger partial charge < -0.3 is 5.32 Å². The molecular weight excluding hydrogens is 154 g/mol. The molecule has 3 nitrogen and oxygen atoms in total. The minimum absolute atomic E-state index is 0.0630. The van der Waals surface area contributed by atoms with E-state index in [-0.39, 0.29) is 12.3 Å². The van der Waals surface area contributed by atoms with E-state index in [0.29, 0.717) is 12.0 Å². The van der Waals surface area contributed by atoms with Crippen molar-refractivity contribution in [3.8, 4) is 0 Å². The van der Waals surface area contributed by atoms with Crippen LogP contribution in [0.2, 0.25) is 0 Å². The molecule has 0 aliphatic carbocycles.